The summed E-state index contributed by atoms with van der Waals surface area (Å²) >= 11 is 7.73. The Hall–Kier alpha value is -2.90. The van der Waals surface area contributed by atoms with E-state index in [9.17, 15) is 9.59 Å². The van der Waals surface area contributed by atoms with E-state index in [2.05, 4.69) is 15.0 Å². The van der Waals surface area contributed by atoms with E-state index in [1.807, 2.05) is 32.0 Å². The molecule has 0 fully saturated rings. The minimum absolute atomic E-state index is 0.0875. The third-order valence-electron chi connectivity index (χ3n) is 4.09. The number of amidine groups is 1. The molecule has 0 atom stereocenters. The normalized spacial score (nSPS) is 11.7. The van der Waals surface area contributed by atoms with Crippen molar-refractivity contribution in [1.82, 2.24) is 0 Å². The van der Waals surface area contributed by atoms with Crippen LogP contribution in [-0.4, -0.2) is 30.9 Å². The Labute approximate surface area is 177 Å². The van der Waals surface area contributed by atoms with Gasteiger partial charge in [-0.05, 0) is 44.2 Å². The van der Waals surface area contributed by atoms with E-state index in [1.54, 1.807) is 24.3 Å². The summed E-state index contributed by atoms with van der Waals surface area (Å²) in [6.07, 6.45) is 0. The van der Waals surface area contributed by atoms with E-state index in [0.717, 1.165) is 15.6 Å². The molecule has 1 amide bonds. The van der Waals surface area contributed by atoms with E-state index >= 15 is 0 Å². The first-order chi connectivity index (χ1) is 13.8. The number of methoxy groups -OCH3 is 1. The molecule has 0 bridgehead atoms. The average molecular weight is 430 g/mol. The van der Waals surface area contributed by atoms with Crippen molar-refractivity contribution in [1.29, 1.82) is 0 Å². The van der Waals surface area contributed by atoms with Gasteiger partial charge in [-0.2, -0.15) is 0 Å². The number of nitrogens with two attached hydrogens (primary N) is 1. The van der Waals surface area contributed by atoms with Gasteiger partial charge in [0.1, 0.15) is 10.7 Å². The summed E-state index contributed by atoms with van der Waals surface area (Å²) in [7, 11) is 1.31. The first-order valence-electron chi connectivity index (χ1n) is 8.85. The highest BCUT2D eigenvalue weighted by Crippen LogP contribution is 2.36. The molecule has 0 saturated carbocycles. The Kier molecular flexibility index (Phi) is 6.20. The number of thiophene rings is 1. The van der Waals surface area contributed by atoms with Crippen LogP contribution in [0.3, 0.4) is 0 Å². The number of nitrogens with zero attached hydrogens (tertiary/aromatic N) is 1. The lowest BCUT2D eigenvalue weighted by Gasteiger charge is -2.05. The number of carbonyl (C=O) groups is 2. The lowest BCUT2D eigenvalue weighted by atomic mass is 10.1. The van der Waals surface area contributed by atoms with Gasteiger partial charge in [-0.1, -0.05) is 23.7 Å². The van der Waals surface area contributed by atoms with E-state index < -0.39 is 5.97 Å². The van der Waals surface area contributed by atoms with Gasteiger partial charge in [0.05, 0.1) is 17.7 Å². The van der Waals surface area contributed by atoms with Crippen LogP contribution in [0.15, 0.2) is 47.5 Å². The Bertz CT molecular complexity index is 1100. The maximum Gasteiger partial charge on any atom is 0.337 e. The van der Waals surface area contributed by atoms with Crippen molar-refractivity contribution in [2.75, 3.05) is 12.4 Å². The van der Waals surface area contributed by atoms with Gasteiger partial charge in [-0.25, -0.2) is 4.79 Å². The van der Waals surface area contributed by atoms with Crippen molar-refractivity contribution in [3.8, 4) is 0 Å². The minimum Gasteiger partial charge on any atom is -0.465 e. The van der Waals surface area contributed by atoms with E-state index in [-0.39, 0.29) is 11.9 Å². The summed E-state index contributed by atoms with van der Waals surface area (Å²) in [5.41, 5.74) is 7.78. The molecule has 0 unspecified atom stereocenters. The number of benzene rings is 2. The van der Waals surface area contributed by atoms with E-state index in [1.165, 1.54) is 18.4 Å². The van der Waals surface area contributed by atoms with Gasteiger partial charge >= 0.3 is 5.97 Å². The summed E-state index contributed by atoms with van der Waals surface area (Å²) in [4.78, 5) is 29.0. The number of anilines is 1. The predicted molar refractivity (Wildman–Crippen MR) is 118 cm³/mol. The first-order valence-corrected chi connectivity index (χ1v) is 10.0. The zero-order valence-corrected chi connectivity index (χ0v) is 17.7. The number of rotatable bonds is 5. The number of ether oxygens (including phenoxy) is 1. The summed E-state index contributed by atoms with van der Waals surface area (Å²) in [5, 5.41) is 3.96. The molecule has 3 rings (SSSR count). The van der Waals surface area contributed by atoms with Crippen molar-refractivity contribution >= 4 is 56.4 Å². The molecule has 0 spiro atoms. The molecule has 8 heteroatoms. The maximum absolute atomic E-state index is 12.7. The van der Waals surface area contributed by atoms with Gasteiger partial charge in [0.25, 0.3) is 5.91 Å². The fraction of sp³-hybridized carbons (Fsp3) is 0.190. The molecule has 29 heavy (non-hydrogen) atoms. The molecule has 0 aliphatic carbocycles. The van der Waals surface area contributed by atoms with Gasteiger partial charge in [0, 0.05) is 27.4 Å². The summed E-state index contributed by atoms with van der Waals surface area (Å²) < 4.78 is 5.51. The topological polar surface area (TPSA) is 93.8 Å². The zero-order chi connectivity index (χ0) is 21.1. The molecule has 6 nitrogen and oxygen atoms in total. The number of hydrogen-bond donors (Lipinski definition) is 2. The molecular formula is C21H20ClN3O3S. The van der Waals surface area contributed by atoms with Crippen LogP contribution in [0.5, 0.6) is 0 Å². The number of nitrogens with one attached hydrogen (secondary N) is 1. The molecule has 1 heterocycles. The zero-order valence-electron chi connectivity index (χ0n) is 16.2. The highest BCUT2D eigenvalue weighted by molar-refractivity contribution is 7.21. The number of hydrogen-bond acceptors (Lipinski definition) is 5. The highest BCUT2D eigenvalue weighted by atomic mass is 35.5. The number of carbonyl (C=O) groups excluding carboxylic acids is 2. The largest absolute Gasteiger partial charge is 0.465 e. The molecule has 1 aromatic heterocycles. The summed E-state index contributed by atoms with van der Waals surface area (Å²) in [5.74, 6) is -0.318. The van der Waals surface area contributed by atoms with Crippen LogP contribution in [-0.2, 0) is 4.74 Å². The molecule has 3 aromatic rings. The molecule has 150 valence electrons. The third kappa shape index (κ3) is 4.58. The number of aliphatic imine (C=N–C) groups is 1. The molecular weight excluding hydrogens is 410 g/mol. The molecule has 0 radical (unpaired) electrons. The number of fused-ring (bicyclic) bond motifs is 1. The number of esters is 1. The van der Waals surface area contributed by atoms with Crippen LogP contribution in [0.4, 0.5) is 5.69 Å². The van der Waals surface area contributed by atoms with Gasteiger partial charge < -0.3 is 15.8 Å². The molecule has 0 aliphatic heterocycles. The standard InChI is InChI=1S/C21H20ClN3O3S/c1-11(2)24-19(23)13-6-9-15-16(10-13)29-18(17(15)22)20(26)25-14-7-4-12(5-8-14)21(27)28-3/h4-11H,1-3H3,(H2,23,24)(H,25,26). The van der Waals surface area contributed by atoms with Crippen molar-refractivity contribution in [3.63, 3.8) is 0 Å². The van der Waals surface area contributed by atoms with Crippen molar-refractivity contribution < 1.29 is 14.3 Å². The van der Waals surface area contributed by atoms with Crippen molar-refractivity contribution in [2.45, 2.75) is 19.9 Å². The van der Waals surface area contributed by atoms with Gasteiger partial charge in [-0.15, -0.1) is 11.3 Å². The molecule has 0 aliphatic rings. The van der Waals surface area contributed by atoms with Crippen LogP contribution in [0.2, 0.25) is 5.02 Å². The van der Waals surface area contributed by atoms with E-state index in [4.69, 9.17) is 17.3 Å². The predicted octanol–water partition coefficient (Wildman–Crippen LogP) is 4.71. The van der Waals surface area contributed by atoms with Crippen LogP contribution in [0, 0.1) is 0 Å². The van der Waals surface area contributed by atoms with Crippen molar-refractivity contribution in [2.24, 2.45) is 10.7 Å². The Morgan fingerprint density at radius 2 is 1.79 bits per heavy atom. The highest BCUT2D eigenvalue weighted by Gasteiger charge is 2.18. The number of amides is 1. The number of halogens is 1. The van der Waals surface area contributed by atoms with Crippen LogP contribution in [0.25, 0.3) is 10.1 Å². The van der Waals surface area contributed by atoms with Crippen LogP contribution < -0.4 is 11.1 Å². The first kappa shape index (κ1) is 20.8. The Balaban J connectivity index is 1.86. The van der Waals surface area contributed by atoms with Crippen LogP contribution >= 0.6 is 22.9 Å². The fourth-order valence-electron chi connectivity index (χ4n) is 2.72. The quantitative estimate of drug-likeness (QED) is 0.349. The molecule has 0 saturated heterocycles. The lowest BCUT2D eigenvalue weighted by molar-refractivity contribution is 0.0600. The molecule has 2 aromatic carbocycles. The van der Waals surface area contributed by atoms with Gasteiger partial charge in [0.15, 0.2) is 0 Å². The second-order valence-electron chi connectivity index (χ2n) is 6.59. The average Bonchev–Trinajstić information content (AvgIpc) is 3.03. The Morgan fingerprint density at radius 3 is 2.41 bits per heavy atom. The maximum atomic E-state index is 12.7. The van der Waals surface area contributed by atoms with Crippen LogP contribution in [0.1, 0.15) is 39.4 Å². The lowest BCUT2D eigenvalue weighted by Crippen LogP contribution is -2.15. The van der Waals surface area contributed by atoms with Gasteiger partial charge in [-0.3, -0.25) is 9.79 Å². The second kappa shape index (κ2) is 8.63. The summed E-state index contributed by atoms with van der Waals surface area (Å²) in [6.45, 7) is 3.90. The fourth-order valence-corrected chi connectivity index (χ4v) is 4.17. The monoisotopic (exact) mass is 429 g/mol. The minimum atomic E-state index is -0.438. The van der Waals surface area contributed by atoms with E-state index in [0.29, 0.717) is 27.0 Å². The smallest absolute Gasteiger partial charge is 0.337 e. The summed E-state index contributed by atoms with van der Waals surface area (Å²) in [6, 6.07) is 12.1. The van der Waals surface area contributed by atoms with Crippen molar-refractivity contribution in [3.05, 3.63) is 63.5 Å². The Morgan fingerprint density at radius 1 is 1.14 bits per heavy atom. The molecule has 3 N–H and O–H groups in total. The SMILES string of the molecule is COC(=O)c1ccc(NC(=O)c2sc3cc(C(N)=NC(C)C)ccc3c2Cl)cc1. The second-order valence-corrected chi connectivity index (χ2v) is 8.02. The van der Waals surface area contributed by atoms with Gasteiger partial charge in [0.2, 0.25) is 0 Å². The third-order valence-corrected chi connectivity index (χ3v) is 5.75.